The van der Waals surface area contributed by atoms with E-state index in [2.05, 4.69) is 6.92 Å². The highest BCUT2D eigenvalue weighted by Gasteiger charge is 2.35. The fourth-order valence-corrected chi connectivity index (χ4v) is 2.55. The standard InChI is InChI=1S/C19H23NO3/c1-4-14-9-6-8-12-17(14)23-13-15-10-5-7-11-16(15)19(2,22-3)18(20)21/h5-12H,4,13H2,1-3H3,(H2,20,21). The van der Waals surface area contributed by atoms with Crippen LogP contribution in [0.4, 0.5) is 0 Å². The Kier molecular flexibility index (Phi) is 5.40. The largest absolute Gasteiger partial charge is 0.489 e. The molecule has 0 aliphatic heterocycles. The van der Waals surface area contributed by atoms with Crippen LogP contribution in [0.25, 0.3) is 0 Å². The first-order valence-corrected chi connectivity index (χ1v) is 7.67. The number of nitrogens with two attached hydrogens (primary N) is 1. The summed E-state index contributed by atoms with van der Waals surface area (Å²) in [6.45, 7) is 4.11. The van der Waals surface area contributed by atoms with Crippen LogP contribution >= 0.6 is 0 Å². The lowest BCUT2D eigenvalue weighted by Gasteiger charge is -2.27. The fourth-order valence-electron chi connectivity index (χ4n) is 2.55. The van der Waals surface area contributed by atoms with Gasteiger partial charge in [0.25, 0.3) is 5.91 Å². The van der Waals surface area contributed by atoms with Gasteiger partial charge in [0.1, 0.15) is 12.4 Å². The van der Waals surface area contributed by atoms with Crippen molar-refractivity contribution >= 4 is 5.91 Å². The summed E-state index contributed by atoms with van der Waals surface area (Å²) in [6, 6.07) is 15.5. The number of benzene rings is 2. The molecule has 0 bridgehead atoms. The molecule has 0 saturated carbocycles. The molecule has 1 atom stereocenters. The van der Waals surface area contributed by atoms with Crippen molar-refractivity contribution in [3.63, 3.8) is 0 Å². The van der Waals surface area contributed by atoms with Crippen LogP contribution in [-0.4, -0.2) is 13.0 Å². The Morgan fingerprint density at radius 1 is 1.09 bits per heavy atom. The van der Waals surface area contributed by atoms with E-state index in [1.165, 1.54) is 7.11 Å². The summed E-state index contributed by atoms with van der Waals surface area (Å²) < 4.78 is 11.4. The summed E-state index contributed by atoms with van der Waals surface area (Å²) in [6.07, 6.45) is 0.898. The van der Waals surface area contributed by atoms with Crippen molar-refractivity contribution in [2.45, 2.75) is 32.5 Å². The zero-order valence-corrected chi connectivity index (χ0v) is 13.8. The number of hydrogen-bond acceptors (Lipinski definition) is 3. The minimum atomic E-state index is -1.18. The van der Waals surface area contributed by atoms with Gasteiger partial charge in [-0.2, -0.15) is 0 Å². The van der Waals surface area contributed by atoms with Crippen molar-refractivity contribution in [1.82, 2.24) is 0 Å². The lowest BCUT2D eigenvalue weighted by molar-refractivity contribution is -0.139. The van der Waals surface area contributed by atoms with Crippen LogP contribution in [0.2, 0.25) is 0 Å². The summed E-state index contributed by atoms with van der Waals surface area (Å²) in [5.74, 6) is 0.324. The molecule has 2 N–H and O–H groups in total. The van der Waals surface area contributed by atoms with Gasteiger partial charge in [-0.25, -0.2) is 0 Å². The molecular weight excluding hydrogens is 290 g/mol. The molecule has 0 heterocycles. The summed E-state index contributed by atoms with van der Waals surface area (Å²) in [5, 5.41) is 0. The second-order valence-corrected chi connectivity index (χ2v) is 5.51. The molecule has 0 fully saturated rings. The summed E-state index contributed by atoms with van der Waals surface area (Å²) >= 11 is 0. The van der Waals surface area contributed by atoms with Crippen molar-refractivity contribution in [3.05, 3.63) is 65.2 Å². The Balaban J connectivity index is 2.30. The Morgan fingerprint density at radius 2 is 1.70 bits per heavy atom. The van der Waals surface area contributed by atoms with Crippen LogP contribution in [0.15, 0.2) is 48.5 Å². The Hall–Kier alpha value is -2.33. The van der Waals surface area contributed by atoms with Crippen LogP contribution in [0, 0.1) is 0 Å². The van der Waals surface area contributed by atoms with Crippen molar-refractivity contribution < 1.29 is 14.3 Å². The van der Waals surface area contributed by atoms with Gasteiger partial charge in [-0.05, 0) is 36.1 Å². The van der Waals surface area contributed by atoms with Crippen LogP contribution in [-0.2, 0) is 28.2 Å². The molecule has 23 heavy (non-hydrogen) atoms. The van der Waals surface area contributed by atoms with E-state index in [1.54, 1.807) is 6.92 Å². The van der Waals surface area contributed by atoms with Gasteiger partial charge in [-0.15, -0.1) is 0 Å². The second kappa shape index (κ2) is 7.29. The van der Waals surface area contributed by atoms with Crippen LogP contribution in [0.5, 0.6) is 5.75 Å². The number of carbonyl (C=O) groups excluding carboxylic acids is 1. The highest BCUT2D eigenvalue weighted by atomic mass is 16.5. The highest BCUT2D eigenvalue weighted by molar-refractivity contribution is 5.85. The minimum absolute atomic E-state index is 0.347. The van der Waals surface area contributed by atoms with E-state index in [0.29, 0.717) is 6.61 Å². The third-order valence-corrected chi connectivity index (χ3v) is 4.15. The first-order chi connectivity index (χ1) is 11.0. The first kappa shape index (κ1) is 17.0. The smallest absolute Gasteiger partial charge is 0.254 e. The van der Waals surface area contributed by atoms with Crippen molar-refractivity contribution in [1.29, 1.82) is 0 Å². The number of carbonyl (C=O) groups is 1. The maximum absolute atomic E-state index is 11.8. The molecular formula is C19H23NO3. The van der Waals surface area contributed by atoms with Gasteiger partial charge in [-0.1, -0.05) is 49.4 Å². The molecule has 0 saturated heterocycles. The third-order valence-electron chi connectivity index (χ3n) is 4.15. The van der Waals surface area contributed by atoms with Crippen molar-refractivity contribution in [2.24, 2.45) is 5.73 Å². The molecule has 0 aliphatic rings. The van der Waals surface area contributed by atoms with E-state index < -0.39 is 11.5 Å². The molecule has 4 nitrogen and oxygen atoms in total. The molecule has 2 aromatic rings. The van der Waals surface area contributed by atoms with Gasteiger partial charge in [0.15, 0.2) is 5.60 Å². The summed E-state index contributed by atoms with van der Waals surface area (Å²) in [4.78, 5) is 11.8. The molecule has 2 aromatic carbocycles. The van der Waals surface area contributed by atoms with Crippen LogP contribution in [0.1, 0.15) is 30.5 Å². The minimum Gasteiger partial charge on any atom is -0.489 e. The average molecular weight is 313 g/mol. The average Bonchev–Trinajstić information content (AvgIpc) is 2.59. The molecule has 0 radical (unpaired) electrons. The molecule has 1 unspecified atom stereocenters. The number of primary amides is 1. The number of amides is 1. The van der Waals surface area contributed by atoms with Gasteiger partial charge >= 0.3 is 0 Å². The predicted molar refractivity (Wildman–Crippen MR) is 90.1 cm³/mol. The fraction of sp³-hybridized carbons (Fsp3) is 0.316. The van der Waals surface area contributed by atoms with E-state index in [1.807, 2.05) is 48.5 Å². The number of para-hydroxylation sites is 1. The monoisotopic (exact) mass is 313 g/mol. The van der Waals surface area contributed by atoms with E-state index in [-0.39, 0.29) is 0 Å². The van der Waals surface area contributed by atoms with Gasteiger partial charge in [-0.3, -0.25) is 4.79 Å². The molecule has 2 rings (SSSR count). The Morgan fingerprint density at radius 3 is 2.30 bits per heavy atom. The third kappa shape index (κ3) is 3.54. The molecule has 122 valence electrons. The number of hydrogen-bond donors (Lipinski definition) is 1. The number of methoxy groups -OCH3 is 1. The summed E-state index contributed by atoms with van der Waals surface area (Å²) in [7, 11) is 1.48. The highest BCUT2D eigenvalue weighted by Crippen LogP contribution is 2.29. The van der Waals surface area contributed by atoms with Gasteiger partial charge in [0.05, 0.1) is 0 Å². The van der Waals surface area contributed by atoms with E-state index >= 15 is 0 Å². The van der Waals surface area contributed by atoms with E-state index in [4.69, 9.17) is 15.2 Å². The van der Waals surface area contributed by atoms with Crippen LogP contribution < -0.4 is 10.5 Å². The maximum atomic E-state index is 11.8. The van der Waals surface area contributed by atoms with Crippen molar-refractivity contribution in [3.8, 4) is 5.75 Å². The summed E-state index contributed by atoms with van der Waals surface area (Å²) in [5.41, 5.74) is 7.10. The van der Waals surface area contributed by atoms with Gasteiger partial charge in [0.2, 0.25) is 0 Å². The van der Waals surface area contributed by atoms with Crippen LogP contribution in [0.3, 0.4) is 0 Å². The molecule has 1 amide bonds. The Bertz CT molecular complexity index is 684. The quantitative estimate of drug-likeness (QED) is 0.854. The number of rotatable bonds is 7. The molecule has 0 aliphatic carbocycles. The molecule has 0 aromatic heterocycles. The lowest BCUT2D eigenvalue weighted by atomic mass is 9.91. The first-order valence-electron chi connectivity index (χ1n) is 7.67. The second-order valence-electron chi connectivity index (χ2n) is 5.51. The maximum Gasteiger partial charge on any atom is 0.254 e. The van der Waals surface area contributed by atoms with Gasteiger partial charge < -0.3 is 15.2 Å². The zero-order chi connectivity index (χ0) is 16.9. The van der Waals surface area contributed by atoms with E-state index in [0.717, 1.165) is 28.9 Å². The number of ether oxygens (including phenoxy) is 2. The Labute approximate surface area is 137 Å². The number of aryl methyl sites for hydroxylation is 1. The van der Waals surface area contributed by atoms with Crippen molar-refractivity contribution in [2.75, 3.05) is 7.11 Å². The van der Waals surface area contributed by atoms with Gasteiger partial charge in [0, 0.05) is 7.11 Å². The lowest BCUT2D eigenvalue weighted by Crippen LogP contribution is -2.41. The van der Waals surface area contributed by atoms with E-state index in [9.17, 15) is 4.79 Å². The molecule has 4 heteroatoms. The topological polar surface area (TPSA) is 61.6 Å². The predicted octanol–water partition coefficient (Wildman–Crippen LogP) is 3.17. The molecule has 0 spiro atoms. The normalized spacial score (nSPS) is 13.3. The zero-order valence-electron chi connectivity index (χ0n) is 13.8. The SMILES string of the molecule is CCc1ccccc1OCc1ccccc1C(C)(OC)C(N)=O.